The van der Waals surface area contributed by atoms with Crippen LogP contribution in [0.15, 0.2) is 24.3 Å². The van der Waals surface area contributed by atoms with Crippen LogP contribution in [0.2, 0.25) is 0 Å². The number of amides is 4. The standard InChI is InChI=1S/C30H39N3O6/c1-30(2,3)39-29(37)33-15-11-22(12-16-33)28(36)32-17-13-24(14-18-32)38-19-5-7-21-6-4-8-23(20-21)25-9-10-26(34)31-27(25)35/h4,6,8,20,22,24-25H,9-19H2,1-3H3,(H,31,34,35). The van der Waals surface area contributed by atoms with Crippen LogP contribution in [-0.2, 0) is 23.9 Å². The lowest BCUT2D eigenvalue weighted by Crippen LogP contribution is -2.48. The van der Waals surface area contributed by atoms with E-state index in [4.69, 9.17) is 9.47 Å². The molecule has 4 rings (SSSR count). The van der Waals surface area contributed by atoms with Gasteiger partial charge in [-0.15, -0.1) is 0 Å². The Balaban J connectivity index is 1.17. The van der Waals surface area contributed by atoms with Gasteiger partial charge in [-0.25, -0.2) is 4.79 Å². The predicted molar refractivity (Wildman–Crippen MR) is 145 cm³/mol. The van der Waals surface area contributed by atoms with Crippen LogP contribution in [0.4, 0.5) is 4.79 Å². The number of carbonyl (C=O) groups excluding carboxylic acids is 4. The van der Waals surface area contributed by atoms with Gasteiger partial charge in [0, 0.05) is 44.1 Å². The third-order valence-electron chi connectivity index (χ3n) is 7.40. The van der Waals surface area contributed by atoms with Crippen LogP contribution in [0, 0.1) is 17.8 Å². The quantitative estimate of drug-likeness (QED) is 0.467. The molecule has 3 saturated heterocycles. The lowest BCUT2D eigenvalue weighted by atomic mass is 9.90. The maximum Gasteiger partial charge on any atom is 0.410 e. The maximum atomic E-state index is 13.0. The summed E-state index contributed by atoms with van der Waals surface area (Å²) in [5, 5.41) is 2.40. The average Bonchev–Trinajstić information content (AvgIpc) is 2.90. The van der Waals surface area contributed by atoms with Crippen molar-refractivity contribution < 1.29 is 28.7 Å². The smallest absolute Gasteiger partial charge is 0.410 e. The molecule has 0 aromatic heterocycles. The van der Waals surface area contributed by atoms with E-state index in [1.165, 1.54) is 0 Å². The van der Waals surface area contributed by atoms with Crippen molar-refractivity contribution in [2.24, 2.45) is 5.92 Å². The van der Waals surface area contributed by atoms with Gasteiger partial charge in [-0.3, -0.25) is 19.7 Å². The van der Waals surface area contributed by atoms with Crippen LogP contribution in [0.1, 0.15) is 76.3 Å². The number of likely N-dealkylation sites (tertiary alicyclic amines) is 2. The fourth-order valence-corrected chi connectivity index (χ4v) is 5.28. The number of hydrogen-bond acceptors (Lipinski definition) is 6. The molecule has 3 aliphatic rings. The lowest BCUT2D eigenvalue weighted by Gasteiger charge is -2.37. The van der Waals surface area contributed by atoms with Crippen molar-refractivity contribution in [2.75, 3.05) is 32.8 Å². The van der Waals surface area contributed by atoms with E-state index in [-0.39, 0.29) is 41.8 Å². The zero-order valence-corrected chi connectivity index (χ0v) is 23.2. The molecular formula is C30H39N3O6. The third kappa shape index (κ3) is 8.06. The largest absolute Gasteiger partial charge is 0.444 e. The first-order valence-electron chi connectivity index (χ1n) is 13.9. The Hall–Kier alpha value is -3.38. The van der Waals surface area contributed by atoms with Gasteiger partial charge in [-0.2, -0.15) is 0 Å². The molecule has 4 amide bonds. The Kier molecular flexibility index (Phi) is 9.28. The van der Waals surface area contributed by atoms with E-state index in [9.17, 15) is 19.2 Å². The summed E-state index contributed by atoms with van der Waals surface area (Å²) in [6.45, 7) is 8.27. The fourth-order valence-electron chi connectivity index (χ4n) is 5.28. The first-order valence-corrected chi connectivity index (χ1v) is 13.9. The first-order chi connectivity index (χ1) is 18.6. The highest BCUT2D eigenvalue weighted by Gasteiger charge is 2.33. The molecule has 3 heterocycles. The van der Waals surface area contributed by atoms with Gasteiger partial charge < -0.3 is 19.3 Å². The molecule has 39 heavy (non-hydrogen) atoms. The fraction of sp³-hybridized carbons (Fsp3) is 0.600. The van der Waals surface area contributed by atoms with Crippen molar-refractivity contribution in [3.05, 3.63) is 35.4 Å². The molecule has 0 bridgehead atoms. The topological polar surface area (TPSA) is 105 Å². The van der Waals surface area contributed by atoms with E-state index in [0.29, 0.717) is 58.5 Å². The van der Waals surface area contributed by atoms with Gasteiger partial charge in [0.15, 0.2) is 0 Å². The van der Waals surface area contributed by atoms with Gasteiger partial charge in [0.05, 0.1) is 12.0 Å². The molecule has 1 atom stereocenters. The van der Waals surface area contributed by atoms with Crippen molar-refractivity contribution in [1.82, 2.24) is 15.1 Å². The second-order valence-electron chi connectivity index (χ2n) is 11.5. The summed E-state index contributed by atoms with van der Waals surface area (Å²) in [6, 6.07) is 7.55. The van der Waals surface area contributed by atoms with E-state index < -0.39 is 5.60 Å². The van der Waals surface area contributed by atoms with E-state index in [1.54, 1.807) is 4.90 Å². The van der Waals surface area contributed by atoms with Crippen LogP contribution in [-0.4, -0.2) is 78.1 Å². The molecule has 0 spiro atoms. The lowest BCUT2D eigenvalue weighted by molar-refractivity contribution is -0.139. The van der Waals surface area contributed by atoms with Crippen LogP contribution < -0.4 is 5.32 Å². The average molecular weight is 538 g/mol. The summed E-state index contributed by atoms with van der Waals surface area (Å²) in [4.78, 5) is 52.5. The van der Waals surface area contributed by atoms with Gasteiger partial charge in [0.25, 0.3) is 0 Å². The number of carbonyl (C=O) groups is 4. The number of ether oxygens (including phenoxy) is 2. The molecular weight excluding hydrogens is 498 g/mol. The number of nitrogens with one attached hydrogen (secondary N) is 1. The highest BCUT2D eigenvalue weighted by atomic mass is 16.6. The number of rotatable bonds is 4. The molecule has 0 radical (unpaired) electrons. The zero-order chi connectivity index (χ0) is 28.0. The van der Waals surface area contributed by atoms with Gasteiger partial charge in [0.1, 0.15) is 12.2 Å². The number of benzene rings is 1. The highest BCUT2D eigenvalue weighted by molar-refractivity contribution is 6.00. The molecule has 1 aromatic carbocycles. The van der Waals surface area contributed by atoms with Gasteiger partial charge in [-0.1, -0.05) is 24.0 Å². The van der Waals surface area contributed by atoms with Crippen LogP contribution in [0.25, 0.3) is 0 Å². The molecule has 0 saturated carbocycles. The van der Waals surface area contributed by atoms with Crippen molar-refractivity contribution in [3.8, 4) is 11.8 Å². The minimum absolute atomic E-state index is 0.0528. The minimum atomic E-state index is -0.523. The monoisotopic (exact) mass is 537 g/mol. The zero-order valence-electron chi connectivity index (χ0n) is 23.2. The predicted octanol–water partition coefficient (Wildman–Crippen LogP) is 3.21. The molecule has 1 aromatic rings. The third-order valence-corrected chi connectivity index (χ3v) is 7.40. The molecule has 210 valence electrons. The van der Waals surface area contributed by atoms with Crippen LogP contribution in [0.3, 0.4) is 0 Å². The van der Waals surface area contributed by atoms with Crippen LogP contribution >= 0.6 is 0 Å². The van der Waals surface area contributed by atoms with Gasteiger partial charge in [-0.05, 0) is 70.6 Å². The molecule has 3 fully saturated rings. The van der Waals surface area contributed by atoms with E-state index in [2.05, 4.69) is 17.2 Å². The molecule has 1 N–H and O–H groups in total. The SMILES string of the molecule is CC(C)(C)OC(=O)N1CCC(C(=O)N2CCC(OCC#Cc3cccc(C4CCC(=O)NC4=O)c3)CC2)CC1. The molecule has 9 heteroatoms. The van der Waals surface area contributed by atoms with E-state index >= 15 is 0 Å². The van der Waals surface area contributed by atoms with Crippen molar-refractivity contribution in [2.45, 2.75) is 76.9 Å². The first kappa shape index (κ1) is 28.6. The van der Waals surface area contributed by atoms with Crippen molar-refractivity contribution in [3.63, 3.8) is 0 Å². The Morgan fingerprint density at radius 2 is 1.69 bits per heavy atom. The Bertz CT molecular complexity index is 1130. The summed E-state index contributed by atoms with van der Waals surface area (Å²) in [5.41, 5.74) is 1.14. The molecule has 9 nitrogen and oxygen atoms in total. The number of piperidine rings is 3. The summed E-state index contributed by atoms with van der Waals surface area (Å²) >= 11 is 0. The van der Waals surface area contributed by atoms with Crippen molar-refractivity contribution >= 4 is 23.8 Å². The Morgan fingerprint density at radius 1 is 1.00 bits per heavy atom. The number of hydrogen-bond donors (Lipinski definition) is 1. The van der Waals surface area contributed by atoms with E-state index in [1.807, 2.05) is 49.9 Å². The van der Waals surface area contributed by atoms with Crippen molar-refractivity contribution in [1.29, 1.82) is 0 Å². The minimum Gasteiger partial charge on any atom is -0.444 e. The van der Waals surface area contributed by atoms with Gasteiger partial charge in [0.2, 0.25) is 17.7 Å². The second-order valence-corrected chi connectivity index (χ2v) is 11.5. The normalized spacial score (nSPS) is 21.2. The molecule has 3 aliphatic heterocycles. The Labute approximate surface area is 230 Å². The molecule has 1 unspecified atom stereocenters. The summed E-state index contributed by atoms with van der Waals surface area (Å²) < 4.78 is 11.4. The van der Waals surface area contributed by atoms with E-state index in [0.717, 1.165) is 24.0 Å². The maximum absolute atomic E-state index is 13.0. The Morgan fingerprint density at radius 3 is 2.36 bits per heavy atom. The highest BCUT2D eigenvalue weighted by Crippen LogP contribution is 2.26. The summed E-state index contributed by atoms with van der Waals surface area (Å²) in [7, 11) is 0. The summed E-state index contributed by atoms with van der Waals surface area (Å²) in [5.74, 6) is 5.48. The molecule has 0 aliphatic carbocycles. The van der Waals surface area contributed by atoms with Crippen LogP contribution in [0.5, 0.6) is 0 Å². The number of nitrogens with zero attached hydrogens (tertiary/aromatic N) is 2. The van der Waals surface area contributed by atoms with Gasteiger partial charge >= 0.3 is 6.09 Å². The number of imide groups is 1. The second kappa shape index (κ2) is 12.6. The summed E-state index contributed by atoms with van der Waals surface area (Å²) in [6.07, 6.45) is 3.48.